The zero-order valence-corrected chi connectivity index (χ0v) is 10.9. The Bertz CT molecular complexity index is 990. The van der Waals surface area contributed by atoms with E-state index in [9.17, 15) is 0 Å². The van der Waals surface area contributed by atoms with Crippen LogP contribution in [0.15, 0.2) is 72.8 Å². The quantitative estimate of drug-likeness (QED) is 0.386. The number of benzene rings is 4. The molecule has 1 aliphatic rings. The highest BCUT2D eigenvalue weighted by Gasteiger charge is 2.24. The fourth-order valence-electron chi connectivity index (χ4n) is 3.37. The Morgan fingerprint density at radius 3 is 1.90 bits per heavy atom. The van der Waals surface area contributed by atoms with Gasteiger partial charge < -0.3 is 0 Å². The summed E-state index contributed by atoms with van der Waals surface area (Å²) in [7, 11) is 0. The van der Waals surface area contributed by atoms with Gasteiger partial charge in [0.1, 0.15) is 0 Å². The Morgan fingerprint density at radius 2 is 1.15 bits per heavy atom. The molecule has 0 heteroatoms. The minimum absolute atomic E-state index is 1.33. The molecule has 0 bridgehead atoms. The largest absolute Gasteiger partial charge is 0.0616 e. The van der Waals surface area contributed by atoms with Crippen molar-refractivity contribution < 1.29 is 0 Å². The molecule has 0 aromatic heterocycles. The molecule has 0 aliphatic heterocycles. The molecule has 92 valence electrons. The first kappa shape index (κ1) is 10.2. The van der Waals surface area contributed by atoms with Gasteiger partial charge in [-0.3, -0.25) is 0 Å². The second kappa shape index (κ2) is 3.49. The molecule has 1 aliphatic carbocycles. The van der Waals surface area contributed by atoms with Crippen molar-refractivity contribution in [1.29, 1.82) is 0 Å². The fourth-order valence-corrected chi connectivity index (χ4v) is 3.37. The molecule has 0 atom stereocenters. The van der Waals surface area contributed by atoms with E-state index in [-0.39, 0.29) is 0 Å². The molecule has 0 saturated heterocycles. The van der Waals surface area contributed by atoms with Crippen LogP contribution in [0.25, 0.3) is 27.1 Å². The van der Waals surface area contributed by atoms with Gasteiger partial charge >= 0.3 is 0 Å². The first-order valence-electron chi connectivity index (χ1n) is 6.98. The lowest BCUT2D eigenvalue weighted by molar-refractivity contribution is 1.69. The zero-order chi connectivity index (χ0) is 13.1. The van der Waals surface area contributed by atoms with Gasteiger partial charge in [-0.05, 0) is 43.5 Å². The van der Waals surface area contributed by atoms with E-state index in [2.05, 4.69) is 72.8 Å². The van der Waals surface area contributed by atoms with Gasteiger partial charge in [0.05, 0.1) is 0 Å². The predicted octanol–water partition coefficient (Wildman–Crippen LogP) is 4.27. The first-order valence-corrected chi connectivity index (χ1v) is 6.98. The Kier molecular flexibility index (Phi) is 1.78. The van der Waals surface area contributed by atoms with Gasteiger partial charge in [-0.25, -0.2) is 0 Å². The van der Waals surface area contributed by atoms with Gasteiger partial charge in [0.2, 0.25) is 0 Å². The Hall–Kier alpha value is -2.60. The molecule has 0 unspecified atom stereocenters. The van der Waals surface area contributed by atoms with E-state index in [1.165, 1.54) is 43.5 Å². The Morgan fingerprint density at radius 1 is 0.500 bits per heavy atom. The van der Waals surface area contributed by atoms with Crippen LogP contribution in [0.3, 0.4) is 0 Å². The summed E-state index contributed by atoms with van der Waals surface area (Å²) in [5, 5.41) is 6.78. The van der Waals surface area contributed by atoms with Gasteiger partial charge in [-0.2, -0.15) is 0 Å². The van der Waals surface area contributed by atoms with Crippen molar-refractivity contribution in [2.45, 2.75) is 0 Å². The van der Waals surface area contributed by atoms with Crippen molar-refractivity contribution in [2.75, 3.05) is 0 Å². The summed E-state index contributed by atoms with van der Waals surface area (Å²) in [6.45, 7) is 0. The van der Waals surface area contributed by atoms with Crippen molar-refractivity contribution in [3.8, 4) is 0 Å². The van der Waals surface area contributed by atoms with Crippen LogP contribution in [0, 0.1) is 0 Å². The summed E-state index contributed by atoms with van der Waals surface area (Å²) in [5.41, 5.74) is 4.24. The third-order valence-corrected chi connectivity index (χ3v) is 4.33. The maximum absolute atomic E-state index is 2.27. The van der Waals surface area contributed by atoms with Gasteiger partial charge in [-0.15, -0.1) is 0 Å². The van der Waals surface area contributed by atoms with E-state index < -0.39 is 0 Å². The maximum atomic E-state index is 2.27. The average molecular weight is 252 g/mol. The lowest BCUT2D eigenvalue weighted by Crippen LogP contribution is -2.02. The van der Waals surface area contributed by atoms with Gasteiger partial charge in [-0.1, -0.05) is 72.8 Å². The molecule has 0 saturated carbocycles. The molecular weight excluding hydrogens is 240 g/mol. The number of hydrogen-bond donors (Lipinski definition) is 0. The molecule has 0 spiro atoms. The standard InChI is InChI=1S/C20H12/c1-2-9-17-16(8-1)20(17)18-12-11-14-6-3-5-13-7-4-10-15(18)19(13)14/h1-12H. The smallest absolute Gasteiger partial charge is 0.00201 e. The van der Waals surface area contributed by atoms with Crippen LogP contribution in [-0.2, 0) is 0 Å². The Labute approximate surface area is 117 Å². The van der Waals surface area contributed by atoms with Crippen LogP contribution in [0.2, 0.25) is 0 Å². The van der Waals surface area contributed by atoms with Crippen LogP contribution in [0.5, 0.6) is 0 Å². The van der Waals surface area contributed by atoms with E-state index in [1.54, 1.807) is 0 Å². The summed E-state index contributed by atoms with van der Waals surface area (Å²) >= 11 is 0. The molecule has 0 N–H and O–H groups in total. The van der Waals surface area contributed by atoms with Crippen LogP contribution in [-0.4, -0.2) is 0 Å². The summed E-state index contributed by atoms with van der Waals surface area (Å²) in [6, 6.07) is 26.3. The van der Waals surface area contributed by atoms with Crippen molar-refractivity contribution in [2.24, 2.45) is 0 Å². The minimum Gasteiger partial charge on any atom is -0.0616 e. The molecule has 4 aromatic rings. The van der Waals surface area contributed by atoms with Crippen LogP contribution >= 0.6 is 0 Å². The van der Waals surface area contributed by atoms with Crippen LogP contribution < -0.4 is 5.22 Å². The molecule has 0 nitrogen and oxygen atoms in total. The highest BCUT2D eigenvalue weighted by atomic mass is 14.3. The van der Waals surface area contributed by atoms with E-state index >= 15 is 0 Å². The molecule has 20 heavy (non-hydrogen) atoms. The van der Waals surface area contributed by atoms with Crippen molar-refractivity contribution >= 4 is 27.1 Å². The number of rotatable bonds is 0. The van der Waals surface area contributed by atoms with Gasteiger partial charge in [0.15, 0.2) is 0 Å². The number of hydrogen-bond acceptors (Lipinski definition) is 0. The third kappa shape index (κ3) is 1.21. The molecule has 0 heterocycles. The van der Waals surface area contributed by atoms with Crippen molar-refractivity contribution in [3.05, 3.63) is 89.1 Å². The Balaban J connectivity index is 2.03. The highest BCUT2D eigenvalue weighted by Crippen LogP contribution is 2.40. The number of fused-ring (bicyclic) bond motifs is 1. The molecule has 5 rings (SSSR count). The lowest BCUT2D eigenvalue weighted by atomic mass is 9.98. The van der Waals surface area contributed by atoms with Crippen LogP contribution in [0.1, 0.15) is 11.1 Å². The van der Waals surface area contributed by atoms with Crippen LogP contribution in [0.4, 0.5) is 0 Å². The fraction of sp³-hybridized carbons (Fsp3) is 0. The molecule has 4 aromatic carbocycles. The predicted molar refractivity (Wildman–Crippen MR) is 84.7 cm³/mol. The second-order valence-electron chi connectivity index (χ2n) is 5.42. The molecule has 0 radical (unpaired) electrons. The average Bonchev–Trinajstić information content (AvgIpc) is 3.23. The van der Waals surface area contributed by atoms with Gasteiger partial charge in [0.25, 0.3) is 0 Å². The molecule has 0 fully saturated rings. The topological polar surface area (TPSA) is 0 Å². The van der Waals surface area contributed by atoms with E-state index in [1.807, 2.05) is 0 Å². The first-order chi connectivity index (χ1) is 9.93. The summed E-state index contributed by atoms with van der Waals surface area (Å²) in [5.74, 6) is 0. The van der Waals surface area contributed by atoms with Gasteiger partial charge in [0, 0.05) is 0 Å². The van der Waals surface area contributed by atoms with Crippen molar-refractivity contribution in [3.63, 3.8) is 0 Å². The summed E-state index contributed by atoms with van der Waals surface area (Å²) in [4.78, 5) is 0. The third-order valence-electron chi connectivity index (χ3n) is 4.33. The molecule has 0 amide bonds. The minimum atomic E-state index is 1.33. The normalized spacial score (nSPS) is 12.9. The highest BCUT2D eigenvalue weighted by molar-refractivity contribution is 6.12. The zero-order valence-electron chi connectivity index (χ0n) is 10.9. The SMILES string of the molecule is c1ccc2c(c1)C2=c1ccc2cccc3cccc1c32. The second-order valence-corrected chi connectivity index (χ2v) is 5.42. The van der Waals surface area contributed by atoms with E-state index in [0.29, 0.717) is 0 Å². The summed E-state index contributed by atoms with van der Waals surface area (Å²) in [6.07, 6.45) is 0. The molecular formula is C20H12. The lowest BCUT2D eigenvalue weighted by Gasteiger charge is -2.05. The monoisotopic (exact) mass is 252 g/mol. The maximum Gasteiger partial charge on any atom is -0.00201 e. The van der Waals surface area contributed by atoms with E-state index in [4.69, 9.17) is 0 Å². The van der Waals surface area contributed by atoms with E-state index in [0.717, 1.165) is 0 Å². The summed E-state index contributed by atoms with van der Waals surface area (Å²) < 4.78 is 0. The van der Waals surface area contributed by atoms with Crippen molar-refractivity contribution in [1.82, 2.24) is 0 Å².